The van der Waals surface area contributed by atoms with E-state index in [1.165, 1.54) is 0 Å². The average Bonchev–Trinajstić information content (AvgIpc) is 2.28. The number of aryl methyl sites for hydroxylation is 1. The van der Waals surface area contributed by atoms with Crippen LogP contribution in [0.5, 0.6) is 0 Å². The zero-order valence-corrected chi connectivity index (χ0v) is 10.7. The third-order valence-electron chi connectivity index (χ3n) is 2.78. The van der Waals surface area contributed by atoms with Crippen molar-refractivity contribution in [3.8, 4) is 0 Å². The minimum atomic E-state index is 0.473. The number of aromatic nitrogens is 1. The fraction of sp³-hybridized carbons (Fsp3) is 0.250. The first-order valence-electron chi connectivity index (χ1n) is 5.09. The summed E-state index contributed by atoms with van der Waals surface area (Å²) in [5.74, 6) is 0. The van der Waals surface area contributed by atoms with Gasteiger partial charge in [-0.05, 0) is 31.0 Å². The van der Waals surface area contributed by atoms with Crippen LogP contribution >= 0.6 is 23.2 Å². The smallest absolute Gasteiger partial charge is 0.0927 e. The number of hydrogen-bond acceptors (Lipinski definition) is 2. The topological polar surface area (TPSA) is 38.9 Å². The Kier molecular flexibility index (Phi) is 2.96. The van der Waals surface area contributed by atoms with Gasteiger partial charge >= 0.3 is 0 Å². The molecule has 4 heteroatoms. The normalized spacial score (nSPS) is 11.0. The van der Waals surface area contributed by atoms with Crippen LogP contribution in [0.2, 0.25) is 10.0 Å². The number of hydrogen-bond donors (Lipinski definition) is 1. The standard InChI is InChI=1S/C12H12Cl2N2/c1-3-9-6(2)11(15)7-4-5-8(13)10(14)12(7)16-9/h4-5H,3H2,1-2H3,(H2,15,16). The van der Waals surface area contributed by atoms with Crippen LogP contribution in [-0.4, -0.2) is 4.98 Å². The van der Waals surface area contributed by atoms with Crippen molar-refractivity contribution in [3.63, 3.8) is 0 Å². The van der Waals surface area contributed by atoms with Crippen molar-refractivity contribution in [1.82, 2.24) is 4.98 Å². The Hall–Kier alpha value is -0.990. The zero-order chi connectivity index (χ0) is 11.9. The SMILES string of the molecule is CCc1nc2c(Cl)c(Cl)ccc2c(N)c1C. The van der Waals surface area contributed by atoms with Gasteiger partial charge in [0.1, 0.15) is 0 Å². The first kappa shape index (κ1) is 11.5. The van der Waals surface area contributed by atoms with Gasteiger partial charge in [0.05, 0.1) is 15.6 Å². The van der Waals surface area contributed by atoms with Crippen LogP contribution in [0.1, 0.15) is 18.2 Å². The summed E-state index contributed by atoms with van der Waals surface area (Å²) in [7, 11) is 0. The Morgan fingerprint density at radius 3 is 2.62 bits per heavy atom. The molecule has 1 aromatic heterocycles. The fourth-order valence-electron chi connectivity index (χ4n) is 1.79. The molecule has 0 fully saturated rings. The highest BCUT2D eigenvalue weighted by molar-refractivity contribution is 6.45. The van der Waals surface area contributed by atoms with Crippen LogP contribution < -0.4 is 5.73 Å². The molecule has 2 rings (SSSR count). The highest BCUT2D eigenvalue weighted by Crippen LogP contribution is 2.34. The van der Waals surface area contributed by atoms with Gasteiger partial charge in [-0.3, -0.25) is 4.98 Å². The number of benzene rings is 1. The van der Waals surface area contributed by atoms with Crippen LogP contribution in [0, 0.1) is 6.92 Å². The molecule has 2 nitrogen and oxygen atoms in total. The summed E-state index contributed by atoms with van der Waals surface area (Å²) in [4.78, 5) is 4.52. The quantitative estimate of drug-likeness (QED) is 0.836. The molecular formula is C12H12Cl2N2. The predicted octanol–water partition coefficient (Wildman–Crippen LogP) is 3.99. The number of halogens is 2. The monoisotopic (exact) mass is 254 g/mol. The van der Waals surface area contributed by atoms with Crippen molar-refractivity contribution in [2.24, 2.45) is 0 Å². The minimum absolute atomic E-state index is 0.473. The predicted molar refractivity (Wildman–Crippen MR) is 70.3 cm³/mol. The van der Waals surface area contributed by atoms with E-state index in [-0.39, 0.29) is 0 Å². The number of nitrogen functional groups attached to an aromatic ring is 1. The molecule has 0 aliphatic rings. The number of nitrogens with two attached hydrogens (primary N) is 1. The maximum Gasteiger partial charge on any atom is 0.0927 e. The highest BCUT2D eigenvalue weighted by Gasteiger charge is 2.12. The molecule has 0 unspecified atom stereocenters. The van der Waals surface area contributed by atoms with E-state index in [0.717, 1.165) is 28.8 Å². The van der Waals surface area contributed by atoms with E-state index in [9.17, 15) is 0 Å². The average molecular weight is 255 g/mol. The summed E-state index contributed by atoms with van der Waals surface area (Å²) in [5.41, 5.74) is 9.49. The largest absolute Gasteiger partial charge is 0.398 e. The van der Waals surface area contributed by atoms with Gasteiger partial charge in [-0.2, -0.15) is 0 Å². The lowest BCUT2D eigenvalue weighted by molar-refractivity contribution is 1.03. The fourth-order valence-corrected chi connectivity index (χ4v) is 2.15. The van der Waals surface area contributed by atoms with Gasteiger partial charge in [0.2, 0.25) is 0 Å². The highest BCUT2D eigenvalue weighted by atomic mass is 35.5. The van der Waals surface area contributed by atoms with Gasteiger partial charge in [0.15, 0.2) is 0 Å². The van der Waals surface area contributed by atoms with E-state index < -0.39 is 0 Å². The van der Waals surface area contributed by atoms with Crippen LogP contribution in [0.25, 0.3) is 10.9 Å². The van der Waals surface area contributed by atoms with E-state index in [4.69, 9.17) is 28.9 Å². The van der Waals surface area contributed by atoms with Gasteiger partial charge in [0.25, 0.3) is 0 Å². The molecule has 0 aliphatic carbocycles. The van der Waals surface area contributed by atoms with Crippen molar-refractivity contribution in [1.29, 1.82) is 0 Å². The van der Waals surface area contributed by atoms with Crippen molar-refractivity contribution in [2.45, 2.75) is 20.3 Å². The molecule has 0 aliphatic heterocycles. The van der Waals surface area contributed by atoms with E-state index in [1.54, 1.807) is 6.07 Å². The first-order chi connectivity index (χ1) is 7.56. The molecular weight excluding hydrogens is 243 g/mol. The van der Waals surface area contributed by atoms with E-state index in [2.05, 4.69) is 4.98 Å². The zero-order valence-electron chi connectivity index (χ0n) is 9.14. The van der Waals surface area contributed by atoms with Gasteiger partial charge in [0, 0.05) is 16.8 Å². The molecule has 1 aromatic carbocycles. The lowest BCUT2D eigenvalue weighted by atomic mass is 10.1. The third kappa shape index (κ3) is 1.62. The number of pyridine rings is 1. The maximum absolute atomic E-state index is 6.13. The lowest BCUT2D eigenvalue weighted by Gasteiger charge is -2.11. The number of anilines is 1. The number of rotatable bonds is 1. The molecule has 0 amide bonds. The van der Waals surface area contributed by atoms with E-state index in [0.29, 0.717) is 15.6 Å². The molecule has 84 valence electrons. The van der Waals surface area contributed by atoms with Gasteiger partial charge < -0.3 is 5.73 Å². The van der Waals surface area contributed by atoms with Gasteiger partial charge in [-0.25, -0.2) is 0 Å². The Balaban J connectivity index is 2.93. The summed E-state index contributed by atoms with van der Waals surface area (Å²) in [6.07, 6.45) is 0.828. The summed E-state index contributed by atoms with van der Waals surface area (Å²) < 4.78 is 0. The molecule has 0 bridgehead atoms. The Morgan fingerprint density at radius 2 is 2.00 bits per heavy atom. The Labute approximate surface area is 104 Å². The Bertz CT molecular complexity index is 565. The molecule has 0 atom stereocenters. The number of nitrogens with zero attached hydrogens (tertiary/aromatic N) is 1. The second kappa shape index (κ2) is 4.11. The maximum atomic E-state index is 6.13. The van der Waals surface area contributed by atoms with Crippen LogP contribution in [0.15, 0.2) is 12.1 Å². The van der Waals surface area contributed by atoms with E-state index in [1.807, 2.05) is 19.9 Å². The lowest BCUT2D eigenvalue weighted by Crippen LogP contribution is -2.00. The van der Waals surface area contributed by atoms with E-state index >= 15 is 0 Å². The van der Waals surface area contributed by atoms with Gasteiger partial charge in [-0.1, -0.05) is 30.1 Å². The third-order valence-corrected chi connectivity index (χ3v) is 3.57. The minimum Gasteiger partial charge on any atom is -0.398 e. The molecule has 2 N–H and O–H groups in total. The second-order valence-corrected chi connectivity index (χ2v) is 4.49. The van der Waals surface area contributed by atoms with Crippen LogP contribution in [0.3, 0.4) is 0 Å². The van der Waals surface area contributed by atoms with Crippen molar-refractivity contribution < 1.29 is 0 Å². The van der Waals surface area contributed by atoms with Crippen LogP contribution in [0.4, 0.5) is 5.69 Å². The van der Waals surface area contributed by atoms with Crippen LogP contribution in [-0.2, 0) is 6.42 Å². The Morgan fingerprint density at radius 1 is 1.31 bits per heavy atom. The number of fused-ring (bicyclic) bond motifs is 1. The molecule has 0 spiro atoms. The summed E-state index contributed by atoms with van der Waals surface area (Å²) in [5, 5.41) is 1.84. The molecule has 2 aromatic rings. The summed E-state index contributed by atoms with van der Waals surface area (Å²) in [6.45, 7) is 4.02. The molecule has 0 saturated heterocycles. The van der Waals surface area contributed by atoms with Crippen molar-refractivity contribution in [2.75, 3.05) is 5.73 Å². The summed E-state index contributed by atoms with van der Waals surface area (Å²) >= 11 is 12.1. The second-order valence-electron chi connectivity index (χ2n) is 3.71. The molecule has 0 radical (unpaired) electrons. The molecule has 16 heavy (non-hydrogen) atoms. The van der Waals surface area contributed by atoms with Crippen molar-refractivity contribution in [3.05, 3.63) is 33.4 Å². The van der Waals surface area contributed by atoms with Gasteiger partial charge in [-0.15, -0.1) is 0 Å². The molecule has 0 saturated carbocycles. The molecule has 1 heterocycles. The summed E-state index contributed by atoms with van der Waals surface area (Å²) in [6, 6.07) is 3.60. The first-order valence-corrected chi connectivity index (χ1v) is 5.84. The van der Waals surface area contributed by atoms with Crippen molar-refractivity contribution >= 4 is 39.8 Å².